The summed E-state index contributed by atoms with van der Waals surface area (Å²) in [5.41, 5.74) is 0.0854. The molecule has 0 amide bonds. The van der Waals surface area contributed by atoms with Crippen molar-refractivity contribution in [3.05, 3.63) is 65.0 Å². The van der Waals surface area contributed by atoms with Crippen LogP contribution in [0.2, 0.25) is 0 Å². The minimum atomic E-state index is -4.37. The van der Waals surface area contributed by atoms with Gasteiger partial charge in [-0.1, -0.05) is 12.1 Å². The molecule has 2 nitrogen and oxygen atoms in total. The molecular weight excluding hydrogens is 288 g/mol. The maximum absolute atomic E-state index is 13.0. The van der Waals surface area contributed by atoms with Crippen LogP contribution in [0.4, 0.5) is 17.6 Å². The number of hydrogen-bond donors (Lipinski definition) is 1. The number of rotatable bonds is 4. The fourth-order valence-corrected chi connectivity index (χ4v) is 1.76. The first-order chi connectivity index (χ1) is 9.90. The Morgan fingerprint density at radius 3 is 2.24 bits per heavy atom. The molecule has 0 unspecified atom stereocenters. The lowest BCUT2D eigenvalue weighted by molar-refractivity contribution is -0.137. The Morgan fingerprint density at radius 1 is 1.00 bits per heavy atom. The van der Waals surface area contributed by atoms with Crippen molar-refractivity contribution in [2.75, 3.05) is 0 Å². The van der Waals surface area contributed by atoms with E-state index in [1.165, 1.54) is 24.3 Å². The Labute approximate surface area is 118 Å². The van der Waals surface area contributed by atoms with E-state index < -0.39 is 17.6 Å². The molecule has 0 bridgehead atoms. The smallest absolute Gasteiger partial charge is 0.416 e. The molecule has 0 aliphatic heterocycles. The number of alkyl halides is 3. The van der Waals surface area contributed by atoms with Crippen LogP contribution in [0.5, 0.6) is 5.75 Å². The molecule has 0 fully saturated rings. The number of halogens is 4. The molecule has 0 aliphatic carbocycles. The summed E-state index contributed by atoms with van der Waals surface area (Å²) in [4.78, 5) is 0. The lowest BCUT2D eigenvalue weighted by Crippen LogP contribution is -2.05. The molecule has 112 valence electrons. The minimum absolute atomic E-state index is 0.0246. The van der Waals surface area contributed by atoms with Crippen molar-refractivity contribution in [3.63, 3.8) is 0 Å². The molecule has 0 saturated heterocycles. The van der Waals surface area contributed by atoms with Crippen LogP contribution in [0.15, 0.2) is 42.5 Å². The summed E-state index contributed by atoms with van der Waals surface area (Å²) in [6.07, 6.45) is -4.37. The predicted molar refractivity (Wildman–Crippen MR) is 68.1 cm³/mol. The standard InChI is InChI=1S/C15H12F4O2/c16-13-5-6-14(11(7-13)8-20)21-9-10-1-3-12(4-2-10)15(17,18)19/h1-7,20H,8-9H2. The SMILES string of the molecule is OCc1cc(F)ccc1OCc1ccc(C(F)(F)F)cc1. The summed E-state index contributed by atoms with van der Waals surface area (Å²) in [5, 5.41) is 9.09. The Kier molecular flexibility index (Phi) is 4.47. The van der Waals surface area contributed by atoms with E-state index >= 15 is 0 Å². The molecule has 0 aliphatic rings. The van der Waals surface area contributed by atoms with Crippen LogP contribution in [0.25, 0.3) is 0 Å². The zero-order valence-electron chi connectivity index (χ0n) is 10.8. The minimum Gasteiger partial charge on any atom is -0.489 e. The molecule has 6 heteroatoms. The first-order valence-corrected chi connectivity index (χ1v) is 6.08. The van der Waals surface area contributed by atoms with Crippen molar-refractivity contribution >= 4 is 0 Å². The van der Waals surface area contributed by atoms with Gasteiger partial charge in [-0.25, -0.2) is 4.39 Å². The molecule has 2 aromatic rings. The van der Waals surface area contributed by atoms with Crippen LogP contribution in [0.1, 0.15) is 16.7 Å². The maximum Gasteiger partial charge on any atom is 0.416 e. The van der Waals surface area contributed by atoms with Gasteiger partial charge in [0.05, 0.1) is 12.2 Å². The average Bonchev–Trinajstić information content (AvgIpc) is 2.45. The van der Waals surface area contributed by atoms with E-state index in [0.29, 0.717) is 11.3 Å². The second kappa shape index (κ2) is 6.13. The van der Waals surface area contributed by atoms with Gasteiger partial charge in [0.25, 0.3) is 0 Å². The van der Waals surface area contributed by atoms with Crippen LogP contribution < -0.4 is 4.74 Å². The zero-order chi connectivity index (χ0) is 15.5. The second-order valence-electron chi connectivity index (χ2n) is 4.39. The quantitative estimate of drug-likeness (QED) is 0.867. The van der Waals surface area contributed by atoms with Crippen LogP contribution in [-0.2, 0) is 19.4 Å². The first-order valence-electron chi connectivity index (χ1n) is 6.08. The van der Waals surface area contributed by atoms with Crippen LogP contribution in [-0.4, -0.2) is 5.11 Å². The largest absolute Gasteiger partial charge is 0.489 e. The summed E-state index contributed by atoms with van der Waals surface area (Å²) in [6, 6.07) is 8.25. The van der Waals surface area contributed by atoms with Gasteiger partial charge in [-0.05, 0) is 35.9 Å². The third kappa shape index (κ3) is 3.95. The summed E-state index contributed by atoms with van der Waals surface area (Å²) >= 11 is 0. The van der Waals surface area contributed by atoms with Crippen molar-refractivity contribution < 1.29 is 27.4 Å². The van der Waals surface area contributed by atoms with E-state index in [0.717, 1.165) is 18.2 Å². The van der Waals surface area contributed by atoms with Crippen molar-refractivity contribution in [2.24, 2.45) is 0 Å². The third-order valence-electron chi connectivity index (χ3n) is 2.87. The van der Waals surface area contributed by atoms with Gasteiger partial charge in [-0.2, -0.15) is 13.2 Å². The Bertz CT molecular complexity index is 606. The summed E-state index contributed by atoms with van der Waals surface area (Å²) in [6.45, 7) is -0.364. The molecule has 1 N–H and O–H groups in total. The van der Waals surface area contributed by atoms with Gasteiger partial charge in [0.2, 0.25) is 0 Å². The Morgan fingerprint density at radius 2 is 1.67 bits per heavy atom. The summed E-state index contributed by atoms with van der Waals surface area (Å²) in [7, 11) is 0. The normalized spacial score (nSPS) is 11.5. The van der Waals surface area contributed by atoms with Gasteiger partial charge in [0.1, 0.15) is 18.2 Å². The number of hydrogen-bond acceptors (Lipinski definition) is 2. The molecule has 0 radical (unpaired) electrons. The monoisotopic (exact) mass is 300 g/mol. The number of benzene rings is 2. The molecule has 0 spiro atoms. The van der Waals surface area contributed by atoms with Gasteiger partial charge >= 0.3 is 6.18 Å². The third-order valence-corrected chi connectivity index (χ3v) is 2.87. The van der Waals surface area contributed by atoms with Gasteiger partial charge in [-0.15, -0.1) is 0 Å². The highest BCUT2D eigenvalue weighted by atomic mass is 19.4. The highest BCUT2D eigenvalue weighted by molar-refractivity contribution is 5.34. The van der Waals surface area contributed by atoms with E-state index in [4.69, 9.17) is 9.84 Å². The second-order valence-corrected chi connectivity index (χ2v) is 4.39. The molecule has 0 atom stereocenters. The highest BCUT2D eigenvalue weighted by Crippen LogP contribution is 2.29. The van der Waals surface area contributed by atoms with Crippen LogP contribution in [0.3, 0.4) is 0 Å². The fraction of sp³-hybridized carbons (Fsp3) is 0.200. The molecule has 0 heterocycles. The van der Waals surface area contributed by atoms with Gasteiger partial charge in [-0.3, -0.25) is 0 Å². The topological polar surface area (TPSA) is 29.5 Å². The maximum atomic E-state index is 13.0. The molecule has 2 aromatic carbocycles. The number of aliphatic hydroxyl groups excluding tert-OH is 1. The van der Waals surface area contributed by atoms with Crippen molar-refractivity contribution in [1.82, 2.24) is 0 Å². The summed E-state index contributed by atoms with van der Waals surface area (Å²) in [5.74, 6) is -0.209. The van der Waals surface area contributed by atoms with Gasteiger partial charge in [0, 0.05) is 5.56 Å². The molecule has 0 saturated carbocycles. The summed E-state index contributed by atoms with van der Waals surface area (Å²) < 4.78 is 55.6. The Balaban J connectivity index is 2.07. The zero-order valence-corrected chi connectivity index (χ0v) is 10.8. The van der Waals surface area contributed by atoms with E-state index in [1.807, 2.05) is 0 Å². The van der Waals surface area contributed by atoms with Crippen molar-refractivity contribution in [3.8, 4) is 5.75 Å². The van der Waals surface area contributed by atoms with E-state index in [2.05, 4.69) is 0 Å². The van der Waals surface area contributed by atoms with Gasteiger partial charge < -0.3 is 9.84 Å². The number of ether oxygens (including phenoxy) is 1. The first kappa shape index (κ1) is 15.3. The van der Waals surface area contributed by atoms with Gasteiger partial charge in [0.15, 0.2) is 0 Å². The van der Waals surface area contributed by atoms with Crippen LogP contribution in [0, 0.1) is 5.82 Å². The van der Waals surface area contributed by atoms with E-state index in [9.17, 15) is 17.6 Å². The lowest BCUT2D eigenvalue weighted by Gasteiger charge is -2.11. The highest BCUT2D eigenvalue weighted by Gasteiger charge is 2.29. The van der Waals surface area contributed by atoms with E-state index in [-0.39, 0.29) is 18.8 Å². The number of aliphatic hydroxyl groups is 1. The predicted octanol–water partition coefficient (Wildman–Crippen LogP) is 3.92. The van der Waals surface area contributed by atoms with Crippen LogP contribution >= 0.6 is 0 Å². The molecule has 21 heavy (non-hydrogen) atoms. The fourth-order valence-electron chi connectivity index (χ4n) is 1.76. The average molecular weight is 300 g/mol. The molecule has 2 rings (SSSR count). The molecular formula is C15H12F4O2. The van der Waals surface area contributed by atoms with Crippen molar-refractivity contribution in [2.45, 2.75) is 19.4 Å². The lowest BCUT2D eigenvalue weighted by atomic mass is 10.1. The molecule has 0 aromatic heterocycles. The van der Waals surface area contributed by atoms with E-state index in [1.54, 1.807) is 0 Å². The van der Waals surface area contributed by atoms with Crippen molar-refractivity contribution in [1.29, 1.82) is 0 Å². The Hall–Kier alpha value is -2.08.